The van der Waals surface area contributed by atoms with Crippen LogP contribution in [0.2, 0.25) is 0 Å². The Balaban J connectivity index is 1.80. The molecule has 1 N–H and O–H groups in total. The third-order valence-corrected chi connectivity index (χ3v) is 8.00. The topological polar surface area (TPSA) is 83.1 Å². The number of nitrogens with one attached hydrogen (secondary N) is 1. The van der Waals surface area contributed by atoms with Crippen LogP contribution >= 0.6 is 0 Å². The molecule has 2 heterocycles. The van der Waals surface area contributed by atoms with Gasteiger partial charge in [-0.25, -0.2) is 13.5 Å². The van der Waals surface area contributed by atoms with E-state index in [2.05, 4.69) is 17.1 Å². The molecule has 0 spiro atoms. The summed E-state index contributed by atoms with van der Waals surface area (Å²) in [6.07, 6.45) is 5.55. The van der Waals surface area contributed by atoms with E-state index in [0.29, 0.717) is 29.6 Å². The quantitative estimate of drug-likeness (QED) is 0.857. The number of aromatic amines is 1. The minimum absolute atomic E-state index is 0.124. The van der Waals surface area contributed by atoms with Crippen molar-refractivity contribution in [2.24, 2.45) is 5.92 Å². The third kappa shape index (κ3) is 3.42. The van der Waals surface area contributed by atoms with Gasteiger partial charge in [0.15, 0.2) is 0 Å². The Bertz CT molecular complexity index is 1060. The van der Waals surface area contributed by atoms with Crippen LogP contribution in [0.15, 0.2) is 27.9 Å². The predicted octanol–water partition coefficient (Wildman–Crippen LogP) is 3.04. The first-order valence-corrected chi connectivity index (χ1v) is 11.5. The molecule has 1 aliphatic carbocycles. The van der Waals surface area contributed by atoms with Crippen molar-refractivity contribution in [3.05, 3.63) is 45.2 Å². The molecule has 0 bridgehead atoms. The molecule has 1 fully saturated rings. The van der Waals surface area contributed by atoms with E-state index in [1.54, 1.807) is 10.4 Å². The van der Waals surface area contributed by atoms with Crippen molar-refractivity contribution in [1.82, 2.24) is 14.5 Å². The lowest BCUT2D eigenvalue weighted by Crippen LogP contribution is -2.39. The summed E-state index contributed by atoms with van der Waals surface area (Å²) in [5, 5.41) is 6.90. The Morgan fingerprint density at radius 3 is 2.64 bits per heavy atom. The fraction of sp³-hybridized carbons (Fsp3) is 0.524. The summed E-state index contributed by atoms with van der Waals surface area (Å²) in [7, 11) is -3.55. The summed E-state index contributed by atoms with van der Waals surface area (Å²) < 4.78 is 28.3. The number of aromatic nitrogens is 2. The van der Waals surface area contributed by atoms with Crippen LogP contribution in [0, 0.1) is 12.8 Å². The summed E-state index contributed by atoms with van der Waals surface area (Å²) in [5.41, 5.74) is 3.84. The van der Waals surface area contributed by atoms with Crippen molar-refractivity contribution in [1.29, 1.82) is 0 Å². The zero-order valence-electron chi connectivity index (χ0n) is 16.5. The number of piperidine rings is 1. The van der Waals surface area contributed by atoms with Crippen molar-refractivity contribution in [3.63, 3.8) is 0 Å². The van der Waals surface area contributed by atoms with Gasteiger partial charge in [0.05, 0.1) is 10.6 Å². The Labute approximate surface area is 166 Å². The molecule has 6 nitrogen and oxygen atoms in total. The maximum Gasteiger partial charge on any atom is 0.267 e. The molecule has 1 saturated heterocycles. The van der Waals surface area contributed by atoms with Gasteiger partial charge in [0, 0.05) is 24.2 Å². The SMILES string of the molecule is Cc1ccc(-c2n[nH]c(=O)c3c2CCCC3)cc1S(=O)(=O)N1CCCC(C)C1. The van der Waals surface area contributed by atoms with Crippen molar-refractivity contribution < 1.29 is 8.42 Å². The van der Waals surface area contributed by atoms with Crippen LogP contribution in [0.5, 0.6) is 0 Å². The molecule has 1 aromatic carbocycles. The number of hydrogen-bond acceptors (Lipinski definition) is 4. The molecule has 150 valence electrons. The van der Waals surface area contributed by atoms with E-state index in [-0.39, 0.29) is 5.56 Å². The number of rotatable bonds is 3. The number of benzene rings is 1. The zero-order valence-corrected chi connectivity index (χ0v) is 17.3. The van der Waals surface area contributed by atoms with Gasteiger partial charge in [-0.2, -0.15) is 9.40 Å². The number of H-pyrrole nitrogens is 1. The smallest absolute Gasteiger partial charge is 0.267 e. The molecule has 2 aromatic rings. The van der Waals surface area contributed by atoms with Crippen LogP contribution in [0.4, 0.5) is 0 Å². The molecule has 1 aromatic heterocycles. The Kier molecular flexibility index (Phi) is 5.14. The van der Waals surface area contributed by atoms with Crippen LogP contribution in [0.3, 0.4) is 0 Å². The van der Waals surface area contributed by atoms with Crippen molar-refractivity contribution in [2.45, 2.75) is 57.3 Å². The Hall–Kier alpha value is -1.99. The van der Waals surface area contributed by atoms with Crippen LogP contribution in [0.1, 0.15) is 49.3 Å². The van der Waals surface area contributed by atoms with Gasteiger partial charge in [-0.15, -0.1) is 0 Å². The fourth-order valence-electron chi connectivity index (χ4n) is 4.43. The number of sulfonamides is 1. The van der Waals surface area contributed by atoms with Gasteiger partial charge in [-0.05, 0) is 68.6 Å². The highest BCUT2D eigenvalue weighted by atomic mass is 32.2. The number of nitrogens with zero attached hydrogens (tertiary/aromatic N) is 2. The maximum atomic E-state index is 13.3. The first kappa shape index (κ1) is 19.3. The van der Waals surface area contributed by atoms with E-state index in [1.165, 1.54) is 0 Å². The molecule has 0 radical (unpaired) electrons. The lowest BCUT2D eigenvalue weighted by atomic mass is 9.90. The van der Waals surface area contributed by atoms with Crippen LogP contribution in [-0.4, -0.2) is 36.0 Å². The van der Waals surface area contributed by atoms with E-state index in [9.17, 15) is 13.2 Å². The fourth-order valence-corrected chi connectivity index (χ4v) is 6.28. The molecular formula is C21H27N3O3S. The standard InChI is InChI=1S/C21H27N3O3S/c1-14-6-5-11-24(13-14)28(26,27)19-12-16(10-9-15(19)2)20-17-7-3-4-8-18(17)21(25)23-22-20/h9-10,12,14H,3-8,11,13H2,1-2H3,(H,23,25). The lowest BCUT2D eigenvalue weighted by molar-refractivity contribution is 0.281. The molecule has 28 heavy (non-hydrogen) atoms. The lowest BCUT2D eigenvalue weighted by Gasteiger charge is -2.30. The van der Waals surface area contributed by atoms with E-state index in [4.69, 9.17) is 0 Å². The minimum Gasteiger partial charge on any atom is -0.268 e. The van der Waals surface area contributed by atoms with E-state index < -0.39 is 10.0 Å². The number of fused-ring (bicyclic) bond motifs is 1. The highest BCUT2D eigenvalue weighted by Crippen LogP contribution is 2.32. The minimum atomic E-state index is -3.55. The molecule has 0 amide bonds. The first-order chi connectivity index (χ1) is 13.4. The second-order valence-electron chi connectivity index (χ2n) is 8.16. The third-order valence-electron chi connectivity index (χ3n) is 6.00. The number of aryl methyl sites for hydroxylation is 1. The summed E-state index contributed by atoms with van der Waals surface area (Å²) in [4.78, 5) is 12.5. The van der Waals surface area contributed by atoms with Gasteiger partial charge in [0.1, 0.15) is 0 Å². The van der Waals surface area contributed by atoms with Crippen molar-refractivity contribution >= 4 is 10.0 Å². The molecule has 7 heteroatoms. The van der Waals surface area contributed by atoms with Gasteiger partial charge >= 0.3 is 0 Å². The van der Waals surface area contributed by atoms with Gasteiger partial charge in [-0.3, -0.25) is 4.79 Å². The average Bonchev–Trinajstić information content (AvgIpc) is 2.69. The summed E-state index contributed by atoms with van der Waals surface area (Å²) in [6, 6.07) is 5.49. The molecule has 1 atom stereocenters. The Morgan fingerprint density at radius 2 is 1.89 bits per heavy atom. The zero-order chi connectivity index (χ0) is 19.9. The van der Waals surface area contributed by atoms with Crippen LogP contribution in [0.25, 0.3) is 11.3 Å². The van der Waals surface area contributed by atoms with Gasteiger partial charge in [0.25, 0.3) is 5.56 Å². The highest BCUT2D eigenvalue weighted by molar-refractivity contribution is 7.89. The van der Waals surface area contributed by atoms with Gasteiger partial charge in [-0.1, -0.05) is 19.1 Å². The first-order valence-electron chi connectivity index (χ1n) is 10.1. The summed E-state index contributed by atoms with van der Waals surface area (Å²) >= 11 is 0. The van der Waals surface area contributed by atoms with Crippen LogP contribution < -0.4 is 5.56 Å². The molecule has 1 aliphatic heterocycles. The van der Waals surface area contributed by atoms with E-state index >= 15 is 0 Å². The molecule has 4 rings (SSSR count). The van der Waals surface area contributed by atoms with E-state index in [1.807, 2.05) is 19.1 Å². The highest BCUT2D eigenvalue weighted by Gasteiger charge is 2.30. The summed E-state index contributed by atoms with van der Waals surface area (Å²) in [6.45, 7) is 5.07. The second kappa shape index (κ2) is 7.44. The molecule has 1 unspecified atom stereocenters. The second-order valence-corrected chi connectivity index (χ2v) is 10.1. The van der Waals surface area contributed by atoms with Crippen molar-refractivity contribution in [3.8, 4) is 11.3 Å². The van der Waals surface area contributed by atoms with Gasteiger partial charge in [0.2, 0.25) is 10.0 Å². The van der Waals surface area contributed by atoms with Gasteiger partial charge < -0.3 is 0 Å². The summed E-state index contributed by atoms with van der Waals surface area (Å²) in [5.74, 6) is 0.375. The molecule has 0 saturated carbocycles. The van der Waals surface area contributed by atoms with Crippen molar-refractivity contribution in [2.75, 3.05) is 13.1 Å². The predicted molar refractivity (Wildman–Crippen MR) is 109 cm³/mol. The average molecular weight is 402 g/mol. The van der Waals surface area contributed by atoms with E-state index in [0.717, 1.165) is 60.8 Å². The monoisotopic (exact) mass is 401 g/mol. The van der Waals surface area contributed by atoms with Crippen LogP contribution in [-0.2, 0) is 22.9 Å². The normalized spacial score (nSPS) is 20.7. The Morgan fingerprint density at radius 1 is 1.14 bits per heavy atom. The number of hydrogen-bond donors (Lipinski definition) is 1. The molecular weight excluding hydrogens is 374 g/mol. The molecule has 2 aliphatic rings. The maximum absolute atomic E-state index is 13.3. The largest absolute Gasteiger partial charge is 0.268 e.